The van der Waals surface area contributed by atoms with Crippen LogP contribution < -0.4 is 9.64 Å². The third-order valence-electron chi connectivity index (χ3n) is 5.16. The van der Waals surface area contributed by atoms with Crippen molar-refractivity contribution in [2.24, 2.45) is 0 Å². The number of nitrogens with zero attached hydrogens (tertiary/aromatic N) is 3. The molecule has 0 aliphatic carbocycles. The van der Waals surface area contributed by atoms with E-state index in [-0.39, 0.29) is 4.90 Å². The molecule has 11 heteroatoms. The van der Waals surface area contributed by atoms with Crippen molar-refractivity contribution < 1.29 is 13.2 Å². The van der Waals surface area contributed by atoms with Gasteiger partial charge in [0.25, 0.3) is 0 Å². The minimum atomic E-state index is -3.66. The van der Waals surface area contributed by atoms with Crippen molar-refractivity contribution in [3.8, 4) is 5.75 Å². The van der Waals surface area contributed by atoms with Crippen LogP contribution in [0.25, 0.3) is 0 Å². The van der Waals surface area contributed by atoms with Gasteiger partial charge >= 0.3 is 0 Å². The van der Waals surface area contributed by atoms with E-state index in [0.29, 0.717) is 52.9 Å². The predicted octanol–water partition coefficient (Wildman–Crippen LogP) is 5.32. The monoisotopic (exact) mass is 575 g/mol. The van der Waals surface area contributed by atoms with Gasteiger partial charge in [0.15, 0.2) is 5.13 Å². The third kappa shape index (κ3) is 5.08. The molecule has 1 fully saturated rings. The van der Waals surface area contributed by atoms with E-state index in [1.807, 2.05) is 17.5 Å². The first-order valence-corrected chi connectivity index (χ1v) is 13.6. The van der Waals surface area contributed by atoms with Gasteiger partial charge in [-0.25, -0.2) is 13.4 Å². The lowest BCUT2D eigenvalue weighted by molar-refractivity contribution is 0.374. The van der Waals surface area contributed by atoms with Crippen LogP contribution in [0, 0.1) is 0 Å². The van der Waals surface area contributed by atoms with Crippen molar-refractivity contribution in [3.63, 3.8) is 0 Å². The van der Waals surface area contributed by atoms with E-state index in [4.69, 9.17) is 32.9 Å². The SMILES string of the molecule is COc1ccc(Br)cc1S(=O)(=O)N1CCN(c2nc(Cc3ccc(Cl)c(Cl)c3)cs2)CC1. The van der Waals surface area contributed by atoms with Crippen LogP contribution in [0.3, 0.4) is 0 Å². The molecule has 0 atom stereocenters. The fraction of sp³-hybridized carbons (Fsp3) is 0.286. The van der Waals surface area contributed by atoms with Gasteiger partial charge in [0.05, 0.1) is 22.8 Å². The maximum Gasteiger partial charge on any atom is 0.246 e. The van der Waals surface area contributed by atoms with E-state index in [9.17, 15) is 8.42 Å². The number of benzene rings is 2. The highest BCUT2D eigenvalue weighted by Gasteiger charge is 2.31. The Hall–Kier alpha value is -1.36. The molecular weight excluding hydrogens is 557 g/mol. The molecule has 170 valence electrons. The molecule has 1 aromatic heterocycles. The van der Waals surface area contributed by atoms with Gasteiger partial charge in [-0.05, 0) is 35.9 Å². The van der Waals surface area contributed by atoms with Crippen LogP contribution in [-0.4, -0.2) is 51.0 Å². The van der Waals surface area contributed by atoms with E-state index in [1.54, 1.807) is 35.6 Å². The van der Waals surface area contributed by atoms with Crippen molar-refractivity contribution in [1.82, 2.24) is 9.29 Å². The average molecular weight is 577 g/mol. The summed E-state index contributed by atoms with van der Waals surface area (Å²) in [7, 11) is -2.19. The number of sulfonamides is 1. The highest BCUT2D eigenvalue weighted by Crippen LogP contribution is 2.31. The number of halogens is 3. The average Bonchev–Trinajstić information content (AvgIpc) is 3.25. The van der Waals surface area contributed by atoms with E-state index in [1.165, 1.54) is 11.4 Å². The Morgan fingerprint density at radius 2 is 1.84 bits per heavy atom. The van der Waals surface area contributed by atoms with Gasteiger partial charge in [-0.15, -0.1) is 11.3 Å². The van der Waals surface area contributed by atoms with E-state index < -0.39 is 10.0 Å². The number of anilines is 1. The van der Waals surface area contributed by atoms with E-state index >= 15 is 0 Å². The molecule has 1 aliphatic heterocycles. The normalized spacial score (nSPS) is 15.2. The van der Waals surface area contributed by atoms with Crippen LogP contribution in [0.1, 0.15) is 11.3 Å². The van der Waals surface area contributed by atoms with Gasteiger partial charge in [-0.2, -0.15) is 4.31 Å². The maximum absolute atomic E-state index is 13.2. The minimum Gasteiger partial charge on any atom is -0.495 e. The second-order valence-corrected chi connectivity index (χ2v) is 11.7. The molecule has 0 amide bonds. The topological polar surface area (TPSA) is 62.7 Å². The Bertz CT molecular complexity index is 1230. The molecule has 6 nitrogen and oxygen atoms in total. The van der Waals surface area contributed by atoms with E-state index in [0.717, 1.165) is 16.4 Å². The molecule has 3 aromatic rings. The summed E-state index contributed by atoms with van der Waals surface area (Å²) in [6.45, 7) is 1.88. The first kappa shape index (κ1) is 23.8. The van der Waals surface area contributed by atoms with Crippen molar-refractivity contribution in [2.45, 2.75) is 11.3 Å². The Morgan fingerprint density at radius 3 is 2.53 bits per heavy atom. The second kappa shape index (κ2) is 9.87. The molecular formula is C21H20BrCl2N3O3S2. The Balaban J connectivity index is 1.43. The number of hydrogen-bond acceptors (Lipinski definition) is 6. The number of thiazole rings is 1. The highest BCUT2D eigenvalue weighted by atomic mass is 79.9. The molecule has 1 aliphatic rings. The first-order chi connectivity index (χ1) is 15.3. The molecule has 4 rings (SSSR count). The van der Waals surface area contributed by atoms with Crippen molar-refractivity contribution in [2.75, 3.05) is 38.2 Å². The highest BCUT2D eigenvalue weighted by molar-refractivity contribution is 9.10. The zero-order valence-electron chi connectivity index (χ0n) is 17.1. The Kier molecular flexibility index (Phi) is 7.33. The molecule has 2 aromatic carbocycles. The number of rotatable bonds is 6. The minimum absolute atomic E-state index is 0.168. The summed E-state index contributed by atoms with van der Waals surface area (Å²) in [6.07, 6.45) is 0.657. The van der Waals surface area contributed by atoms with Crippen LogP contribution in [0.4, 0.5) is 5.13 Å². The van der Waals surface area contributed by atoms with Crippen molar-refractivity contribution in [1.29, 1.82) is 0 Å². The Morgan fingerprint density at radius 1 is 1.09 bits per heavy atom. The maximum atomic E-state index is 13.2. The second-order valence-electron chi connectivity index (χ2n) is 7.23. The fourth-order valence-electron chi connectivity index (χ4n) is 3.49. The third-order valence-corrected chi connectivity index (χ3v) is 9.26. The summed E-state index contributed by atoms with van der Waals surface area (Å²) >= 11 is 17.0. The van der Waals surface area contributed by atoms with Gasteiger partial charge in [0, 0.05) is 42.5 Å². The summed E-state index contributed by atoms with van der Waals surface area (Å²) in [6, 6.07) is 10.6. The van der Waals surface area contributed by atoms with Gasteiger partial charge in [-0.3, -0.25) is 0 Å². The number of hydrogen-bond donors (Lipinski definition) is 0. The molecule has 2 heterocycles. The van der Waals surface area contributed by atoms with Crippen molar-refractivity contribution >= 4 is 65.6 Å². The quantitative estimate of drug-likeness (QED) is 0.397. The lowest BCUT2D eigenvalue weighted by Gasteiger charge is -2.34. The fourth-order valence-corrected chi connectivity index (χ4v) is 6.81. The summed E-state index contributed by atoms with van der Waals surface area (Å²) < 4.78 is 33.8. The van der Waals surface area contributed by atoms with Gasteiger partial charge in [0.2, 0.25) is 10.0 Å². The first-order valence-electron chi connectivity index (χ1n) is 9.75. The lowest BCUT2D eigenvalue weighted by Crippen LogP contribution is -2.48. The van der Waals surface area contributed by atoms with Gasteiger partial charge < -0.3 is 9.64 Å². The van der Waals surface area contributed by atoms with Gasteiger partial charge in [0.1, 0.15) is 10.6 Å². The summed E-state index contributed by atoms with van der Waals surface area (Å²) in [5.41, 5.74) is 1.98. The van der Waals surface area contributed by atoms with Crippen LogP contribution in [0.2, 0.25) is 10.0 Å². The van der Waals surface area contributed by atoms with Crippen LogP contribution in [0.5, 0.6) is 5.75 Å². The number of ether oxygens (including phenoxy) is 1. The van der Waals surface area contributed by atoms with Gasteiger partial charge in [-0.1, -0.05) is 45.2 Å². The molecule has 0 unspecified atom stereocenters. The molecule has 0 radical (unpaired) electrons. The summed E-state index contributed by atoms with van der Waals surface area (Å²) in [5.74, 6) is 0.336. The molecule has 32 heavy (non-hydrogen) atoms. The van der Waals surface area contributed by atoms with Crippen LogP contribution in [0.15, 0.2) is 51.1 Å². The lowest BCUT2D eigenvalue weighted by atomic mass is 10.1. The zero-order chi connectivity index (χ0) is 22.9. The van der Waals surface area contributed by atoms with Crippen LogP contribution >= 0.6 is 50.5 Å². The molecule has 0 N–H and O–H groups in total. The smallest absolute Gasteiger partial charge is 0.246 e. The summed E-state index contributed by atoms with van der Waals surface area (Å²) in [5, 5.41) is 3.96. The largest absolute Gasteiger partial charge is 0.495 e. The molecule has 0 spiro atoms. The Labute approximate surface area is 209 Å². The summed E-state index contributed by atoms with van der Waals surface area (Å²) in [4.78, 5) is 7.03. The number of piperazine rings is 1. The predicted molar refractivity (Wildman–Crippen MR) is 133 cm³/mol. The molecule has 0 saturated carbocycles. The number of methoxy groups -OCH3 is 1. The van der Waals surface area contributed by atoms with Crippen LogP contribution in [-0.2, 0) is 16.4 Å². The zero-order valence-corrected chi connectivity index (χ0v) is 21.8. The standard InChI is InChI=1S/C21H20BrCl2N3O3S2/c1-30-19-5-3-15(22)12-20(19)32(28,29)27-8-6-26(7-9-27)21-25-16(13-31-21)10-14-2-4-17(23)18(24)11-14/h2-5,11-13H,6-10H2,1H3. The molecule has 0 bridgehead atoms. The number of aromatic nitrogens is 1. The van der Waals surface area contributed by atoms with E-state index in [2.05, 4.69) is 20.8 Å². The molecule has 1 saturated heterocycles. The van der Waals surface area contributed by atoms with Crippen molar-refractivity contribution in [3.05, 3.63) is 67.6 Å².